The molecular formula is C27H30N4O2. The maximum absolute atomic E-state index is 13.6. The van der Waals surface area contributed by atoms with Crippen molar-refractivity contribution >= 4 is 17.4 Å². The molecule has 0 N–H and O–H groups in total. The number of Topliss-reactive ketones (excluding diaryl/α,β-unsaturated/α-hetero) is 2. The minimum atomic E-state index is -0.851. The molecule has 2 aromatic heterocycles. The van der Waals surface area contributed by atoms with Crippen LogP contribution in [0.1, 0.15) is 78.4 Å². The van der Waals surface area contributed by atoms with Crippen LogP contribution in [0.25, 0.3) is 0 Å². The van der Waals surface area contributed by atoms with Crippen molar-refractivity contribution in [3.63, 3.8) is 0 Å². The molecule has 2 unspecified atom stereocenters. The van der Waals surface area contributed by atoms with E-state index in [0.29, 0.717) is 28.9 Å². The summed E-state index contributed by atoms with van der Waals surface area (Å²) < 4.78 is 0. The highest BCUT2D eigenvalue weighted by Gasteiger charge is 2.47. The molecule has 1 saturated heterocycles. The van der Waals surface area contributed by atoms with Crippen molar-refractivity contribution < 1.29 is 9.59 Å². The number of hydrogen-bond acceptors (Lipinski definition) is 6. The lowest BCUT2D eigenvalue weighted by atomic mass is 9.87. The van der Waals surface area contributed by atoms with Gasteiger partial charge in [0.1, 0.15) is 5.92 Å². The van der Waals surface area contributed by atoms with E-state index in [4.69, 9.17) is 0 Å². The van der Waals surface area contributed by atoms with Crippen molar-refractivity contribution in [2.45, 2.75) is 52.5 Å². The molecule has 33 heavy (non-hydrogen) atoms. The van der Waals surface area contributed by atoms with Gasteiger partial charge in [-0.2, -0.15) is 5.10 Å². The highest BCUT2D eigenvalue weighted by Crippen LogP contribution is 2.39. The number of nitrogens with zero attached hydrogens (tertiary/aromatic N) is 4. The Morgan fingerprint density at radius 1 is 0.909 bits per heavy atom. The number of carbonyl (C=O) groups excluding carboxylic acids is 2. The molecule has 1 aliphatic rings. The van der Waals surface area contributed by atoms with Crippen molar-refractivity contribution in [3.05, 3.63) is 82.8 Å². The summed E-state index contributed by atoms with van der Waals surface area (Å²) in [6.45, 7) is 10.4. The van der Waals surface area contributed by atoms with Crippen LogP contribution in [0.5, 0.6) is 0 Å². The summed E-state index contributed by atoms with van der Waals surface area (Å²) in [5.74, 6) is 0.115. The molecule has 4 rings (SSSR count). The molecule has 3 aromatic rings. The van der Waals surface area contributed by atoms with Gasteiger partial charge in [-0.05, 0) is 48.1 Å². The molecule has 0 radical (unpaired) electrons. The second-order valence-corrected chi connectivity index (χ2v) is 9.36. The number of ketones is 2. The predicted molar refractivity (Wildman–Crippen MR) is 129 cm³/mol. The molecule has 0 saturated carbocycles. The van der Waals surface area contributed by atoms with E-state index in [9.17, 15) is 9.59 Å². The van der Waals surface area contributed by atoms with Gasteiger partial charge in [0.25, 0.3) is 0 Å². The Balaban J connectivity index is 1.75. The number of anilines is 1. The van der Waals surface area contributed by atoms with Crippen LogP contribution in [0.4, 0.5) is 5.82 Å². The summed E-state index contributed by atoms with van der Waals surface area (Å²) >= 11 is 0. The SMILES string of the molecule is Cc1ccc(N2CC(=O)C(C(=O)c3ccc(C(C)C)cc3)C2c2ccc(C(C)C)cn2)nn1. The Kier molecular flexibility index (Phi) is 6.36. The summed E-state index contributed by atoms with van der Waals surface area (Å²) in [5, 5.41) is 8.46. The van der Waals surface area contributed by atoms with Gasteiger partial charge in [-0.3, -0.25) is 14.6 Å². The molecule has 0 amide bonds. The third-order valence-corrected chi connectivity index (χ3v) is 6.33. The zero-order valence-electron chi connectivity index (χ0n) is 19.8. The topological polar surface area (TPSA) is 76.1 Å². The first kappa shape index (κ1) is 22.8. The van der Waals surface area contributed by atoms with Gasteiger partial charge in [0, 0.05) is 11.8 Å². The van der Waals surface area contributed by atoms with Crippen LogP contribution in [0, 0.1) is 12.8 Å². The largest absolute Gasteiger partial charge is 0.338 e. The van der Waals surface area contributed by atoms with Crippen LogP contribution in [0.3, 0.4) is 0 Å². The molecule has 6 nitrogen and oxygen atoms in total. The van der Waals surface area contributed by atoms with Crippen LogP contribution in [-0.4, -0.2) is 33.3 Å². The van der Waals surface area contributed by atoms with E-state index in [1.54, 1.807) is 0 Å². The van der Waals surface area contributed by atoms with Crippen molar-refractivity contribution in [1.82, 2.24) is 15.2 Å². The molecule has 3 heterocycles. The van der Waals surface area contributed by atoms with Crippen molar-refractivity contribution in [2.24, 2.45) is 5.92 Å². The van der Waals surface area contributed by atoms with Crippen LogP contribution >= 0.6 is 0 Å². The maximum atomic E-state index is 13.6. The fourth-order valence-corrected chi connectivity index (χ4v) is 4.25. The van der Waals surface area contributed by atoms with Crippen LogP contribution in [0.2, 0.25) is 0 Å². The van der Waals surface area contributed by atoms with E-state index in [1.807, 2.05) is 66.6 Å². The third-order valence-electron chi connectivity index (χ3n) is 6.33. The Hall–Kier alpha value is -3.41. The number of aryl methyl sites for hydroxylation is 1. The molecule has 1 aliphatic heterocycles. The first-order valence-corrected chi connectivity index (χ1v) is 11.5. The van der Waals surface area contributed by atoms with Gasteiger partial charge in [-0.15, -0.1) is 5.10 Å². The van der Waals surface area contributed by atoms with Gasteiger partial charge in [0.05, 0.1) is 24.0 Å². The highest BCUT2D eigenvalue weighted by atomic mass is 16.2. The summed E-state index contributed by atoms with van der Waals surface area (Å²) in [5.41, 5.74) is 4.28. The first-order chi connectivity index (χ1) is 15.8. The normalized spacial score (nSPS) is 18.4. The lowest BCUT2D eigenvalue weighted by molar-refractivity contribution is -0.118. The van der Waals surface area contributed by atoms with Crippen LogP contribution in [-0.2, 0) is 4.79 Å². The molecule has 2 atom stereocenters. The molecule has 0 aliphatic carbocycles. The maximum Gasteiger partial charge on any atom is 0.175 e. The van der Waals surface area contributed by atoms with Crippen molar-refractivity contribution in [1.29, 1.82) is 0 Å². The Labute approximate surface area is 195 Å². The molecule has 0 spiro atoms. The van der Waals surface area contributed by atoms with Crippen molar-refractivity contribution in [3.8, 4) is 0 Å². The molecule has 1 fully saturated rings. The quantitative estimate of drug-likeness (QED) is 0.392. The number of rotatable bonds is 6. The first-order valence-electron chi connectivity index (χ1n) is 11.5. The summed E-state index contributed by atoms with van der Waals surface area (Å²) in [7, 11) is 0. The zero-order chi connectivity index (χ0) is 23.7. The average Bonchev–Trinajstić information content (AvgIpc) is 3.16. The third kappa shape index (κ3) is 4.56. The van der Waals surface area contributed by atoms with Gasteiger partial charge in [-0.1, -0.05) is 58.0 Å². The minimum absolute atomic E-state index is 0.0938. The van der Waals surface area contributed by atoms with E-state index in [2.05, 4.69) is 42.9 Å². The van der Waals surface area contributed by atoms with Gasteiger partial charge >= 0.3 is 0 Å². The number of hydrogen-bond donors (Lipinski definition) is 0. The average molecular weight is 443 g/mol. The second-order valence-electron chi connectivity index (χ2n) is 9.36. The smallest absolute Gasteiger partial charge is 0.175 e. The van der Waals surface area contributed by atoms with E-state index in [1.165, 1.54) is 0 Å². The number of benzene rings is 1. The molecular weight excluding hydrogens is 412 g/mol. The Morgan fingerprint density at radius 2 is 1.58 bits per heavy atom. The fraction of sp³-hybridized carbons (Fsp3) is 0.370. The standard InChI is InChI=1S/C27H30N4O2/c1-16(2)19-7-9-20(10-8-19)27(33)25-23(32)15-31(24-13-6-18(5)29-30-24)26(25)22-12-11-21(14-28-22)17(3)4/h6-14,16-17,25-26H,15H2,1-5H3. The molecule has 6 heteroatoms. The van der Waals surface area contributed by atoms with E-state index >= 15 is 0 Å². The lowest BCUT2D eigenvalue weighted by Gasteiger charge is -2.27. The van der Waals surface area contributed by atoms with Gasteiger partial charge in [0.2, 0.25) is 0 Å². The molecule has 170 valence electrons. The number of carbonyl (C=O) groups is 2. The Bertz CT molecular complexity index is 1140. The summed E-state index contributed by atoms with van der Waals surface area (Å²) in [4.78, 5) is 33.4. The Morgan fingerprint density at radius 3 is 2.12 bits per heavy atom. The minimum Gasteiger partial charge on any atom is -0.338 e. The van der Waals surface area contributed by atoms with Crippen molar-refractivity contribution in [2.75, 3.05) is 11.4 Å². The van der Waals surface area contributed by atoms with E-state index < -0.39 is 12.0 Å². The fourth-order valence-electron chi connectivity index (χ4n) is 4.25. The summed E-state index contributed by atoms with van der Waals surface area (Å²) in [6, 6.07) is 14.7. The lowest BCUT2D eigenvalue weighted by Crippen LogP contribution is -2.30. The van der Waals surface area contributed by atoms with Gasteiger partial charge in [0.15, 0.2) is 17.4 Å². The van der Waals surface area contributed by atoms with Crippen LogP contribution < -0.4 is 4.90 Å². The predicted octanol–water partition coefficient (Wildman–Crippen LogP) is 5.06. The van der Waals surface area contributed by atoms with Crippen LogP contribution in [0.15, 0.2) is 54.7 Å². The summed E-state index contributed by atoms with van der Waals surface area (Å²) in [6.07, 6.45) is 1.83. The number of aromatic nitrogens is 3. The number of pyridine rings is 1. The highest BCUT2D eigenvalue weighted by molar-refractivity contribution is 6.14. The zero-order valence-corrected chi connectivity index (χ0v) is 19.8. The van der Waals surface area contributed by atoms with E-state index in [-0.39, 0.29) is 18.1 Å². The molecule has 0 bridgehead atoms. The van der Waals surface area contributed by atoms with Gasteiger partial charge in [-0.25, -0.2) is 0 Å². The molecule has 1 aromatic carbocycles. The van der Waals surface area contributed by atoms with E-state index in [0.717, 1.165) is 16.8 Å². The van der Waals surface area contributed by atoms with Gasteiger partial charge < -0.3 is 4.90 Å². The second kappa shape index (κ2) is 9.22. The monoisotopic (exact) mass is 442 g/mol.